The van der Waals surface area contributed by atoms with Gasteiger partial charge in [-0.3, -0.25) is 13.9 Å². The van der Waals surface area contributed by atoms with Gasteiger partial charge in [-0.05, 0) is 44.9 Å². The molecule has 0 radical (unpaired) electrons. The second-order valence-corrected chi connectivity index (χ2v) is 8.94. The van der Waals surface area contributed by atoms with Gasteiger partial charge in [0.25, 0.3) is 0 Å². The second-order valence-electron chi connectivity index (χ2n) is 6.93. The van der Waals surface area contributed by atoms with E-state index in [1.807, 2.05) is 0 Å². The normalized spacial score (nSPS) is 16.5. The number of hydrogen-bond acceptors (Lipinski definition) is 6. The summed E-state index contributed by atoms with van der Waals surface area (Å²) in [6.07, 6.45) is 1.32. The summed E-state index contributed by atoms with van der Waals surface area (Å²) in [4.78, 5) is 24.1. The highest BCUT2D eigenvalue weighted by atomic mass is 32.2. The summed E-state index contributed by atoms with van der Waals surface area (Å²) in [5.74, 6) is -1.43. The number of amides is 2. The van der Waals surface area contributed by atoms with Gasteiger partial charge >= 0.3 is 11.8 Å². The number of aliphatic hydroxyl groups excluding tert-OH is 1. The number of carbonyl (C=O) groups excluding carboxylic acids is 2. The van der Waals surface area contributed by atoms with E-state index in [4.69, 9.17) is 4.74 Å². The van der Waals surface area contributed by atoms with Crippen molar-refractivity contribution < 1.29 is 27.9 Å². The molecule has 1 aromatic rings. The maximum atomic E-state index is 12.4. The van der Waals surface area contributed by atoms with Crippen LogP contribution in [0.15, 0.2) is 18.2 Å². The quantitative estimate of drug-likeness (QED) is 0.618. The molecule has 1 heterocycles. The lowest BCUT2D eigenvalue weighted by Gasteiger charge is -2.29. The van der Waals surface area contributed by atoms with Crippen LogP contribution in [0.25, 0.3) is 0 Å². The Kier molecular flexibility index (Phi) is 6.32. The third kappa shape index (κ3) is 5.10. The van der Waals surface area contributed by atoms with E-state index >= 15 is 0 Å². The van der Waals surface area contributed by atoms with Crippen LogP contribution in [0.1, 0.15) is 26.7 Å². The maximum Gasteiger partial charge on any atom is 0.313 e. The van der Waals surface area contributed by atoms with Gasteiger partial charge in [0.15, 0.2) is 0 Å². The van der Waals surface area contributed by atoms with Crippen molar-refractivity contribution in [2.45, 2.75) is 32.2 Å². The van der Waals surface area contributed by atoms with Gasteiger partial charge in [-0.1, -0.05) is 0 Å². The van der Waals surface area contributed by atoms with Gasteiger partial charge in [-0.25, -0.2) is 8.42 Å². The number of rotatable bonds is 5. The zero-order valence-corrected chi connectivity index (χ0v) is 16.4. The first-order valence-electron chi connectivity index (χ1n) is 8.52. The highest BCUT2D eigenvalue weighted by molar-refractivity contribution is 7.92. The van der Waals surface area contributed by atoms with Crippen molar-refractivity contribution in [2.75, 3.05) is 35.6 Å². The molecule has 0 unspecified atom stereocenters. The van der Waals surface area contributed by atoms with E-state index in [0.29, 0.717) is 24.4 Å². The van der Waals surface area contributed by atoms with Gasteiger partial charge in [0.1, 0.15) is 5.75 Å². The predicted octanol–water partition coefficient (Wildman–Crippen LogP) is 0.451. The predicted molar refractivity (Wildman–Crippen MR) is 101 cm³/mol. The molecule has 0 bridgehead atoms. The Morgan fingerprint density at radius 2 is 1.96 bits per heavy atom. The zero-order chi connectivity index (χ0) is 20.2. The van der Waals surface area contributed by atoms with E-state index in [1.165, 1.54) is 29.6 Å². The Morgan fingerprint density at radius 3 is 2.56 bits per heavy atom. The molecule has 0 aromatic heterocycles. The summed E-state index contributed by atoms with van der Waals surface area (Å²) in [6, 6.07) is 4.51. The van der Waals surface area contributed by atoms with Crippen molar-refractivity contribution in [3.63, 3.8) is 0 Å². The monoisotopic (exact) mass is 399 g/mol. The molecule has 9 nitrogen and oxygen atoms in total. The molecule has 0 spiro atoms. The van der Waals surface area contributed by atoms with Crippen molar-refractivity contribution in [3.05, 3.63) is 18.2 Å². The van der Waals surface area contributed by atoms with Crippen molar-refractivity contribution in [1.82, 2.24) is 5.32 Å². The van der Waals surface area contributed by atoms with Crippen molar-refractivity contribution in [1.29, 1.82) is 0 Å². The highest BCUT2D eigenvalue weighted by Crippen LogP contribution is 2.35. The lowest BCUT2D eigenvalue weighted by molar-refractivity contribution is -0.137. The van der Waals surface area contributed by atoms with Gasteiger partial charge in [0.2, 0.25) is 10.0 Å². The molecule has 1 saturated heterocycles. The number of ether oxygens (including phenoxy) is 1. The zero-order valence-electron chi connectivity index (χ0n) is 15.6. The van der Waals surface area contributed by atoms with Crippen LogP contribution >= 0.6 is 0 Å². The van der Waals surface area contributed by atoms with Crippen LogP contribution in [-0.4, -0.2) is 56.9 Å². The lowest BCUT2D eigenvalue weighted by Crippen LogP contribution is -2.50. The lowest BCUT2D eigenvalue weighted by atomic mass is 10.1. The number of hydrogen-bond donors (Lipinski definition) is 3. The molecule has 1 aliphatic heterocycles. The number of carbonyl (C=O) groups is 2. The van der Waals surface area contributed by atoms with Crippen LogP contribution in [0.2, 0.25) is 0 Å². The second kappa shape index (κ2) is 8.13. The summed E-state index contributed by atoms with van der Waals surface area (Å²) in [5, 5.41) is 14.0. The molecule has 10 heteroatoms. The summed E-state index contributed by atoms with van der Waals surface area (Å²) in [6.45, 7) is 3.14. The average Bonchev–Trinajstić information content (AvgIpc) is 2.61. The Hall–Kier alpha value is -2.33. The average molecular weight is 399 g/mol. The first-order chi connectivity index (χ1) is 12.6. The smallest absolute Gasteiger partial charge is 0.313 e. The number of methoxy groups -OCH3 is 1. The Bertz CT molecular complexity index is 822. The highest BCUT2D eigenvalue weighted by Gasteiger charge is 2.29. The van der Waals surface area contributed by atoms with Gasteiger partial charge < -0.3 is 20.5 Å². The summed E-state index contributed by atoms with van der Waals surface area (Å²) < 4.78 is 31.3. The molecular formula is C17H25N3O6S. The minimum Gasteiger partial charge on any atom is -0.495 e. The minimum atomic E-state index is -3.46. The SMILES string of the molecule is COc1ccc(NC(=O)C(=O)NC(C)(C)CO)cc1N1CCCCS1(=O)=O. The Labute approximate surface area is 158 Å². The van der Waals surface area contributed by atoms with E-state index in [0.717, 1.165) is 6.42 Å². The number of nitrogens with zero attached hydrogens (tertiary/aromatic N) is 1. The van der Waals surface area contributed by atoms with Gasteiger partial charge in [0, 0.05) is 12.2 Å². The molecule has 2 rings (SSSR count). The van der Waals surface area contributed by atoms with Crippen molar-refractivity contribution >= 4 is 33.2 Å². The molecule has 3 N–H and O–H groups in total. The van der Waals surface area contributed by atoms with Gasteiger partial charge in [0.05, 0.1) is 30.7 Å². The fraction of sp³-hybridized carbons (Fsp3) is 0.529. The molecule has 0 aliphatic carbocycles. The van der Waals surface area contributed by atoms with Crippen LogP contribution in [0, 0.1) is 0 Å². The number of benzene rings is 1. The largest absolute Gasteiger partial charge is 0.495 e. The number of nitrogens with one attached hydrogen (secondary N) is 2. The molecule has 27 heavy (non-hydrogen) atoms. The first kappa shape index (κ1) is 21.0. The summed E-state index contributed by atoms with van der Waals surface area (Å²) >= 11 is 0. The molecule has 150 valence electrons. The fourth-order valence-corrected chi connectivity index (χ4v) is 4.25. The van der Waals surface area contributed by atoms with E-state index in [1.54, 1.807) is 13.8 Å². The van der Waals surface area contributed by atoms with E-state index in [9.17, 15) is 23.1 Å². The topological polar surface area (TPSA) is 125 Å². The summed E-state index contributed by atoms with van der Waals surface area (Å²) in [5.41, 5.74) is -0.374. The molecule has 1 aromatic carbocycles. The molecule has 2 amide bonds. The Balaban J connectivity index is 2.24. The first-order valence-corrected chi connectivity index (χ1v) is 10.1. The molecule has 0 saturated carbocycles. The standard InChI is InChI=1S/C17H25N3O6S/c1-17(2,11-21)19-16(23)15(22)18-12-6-7-14(26-3)13(10-12)20-8-4-5-9-27(20,24)25/h6-7,10,21H,4-5,8-9,11H2,1-3H3,(H,18,22)(H,19,23). The van der Waals surface area contributed by atoms with E-state index < -0.39 is 27.4 Å². The van der Waals surface area contributed by atoms with Crippen molar-refractivity contribution in [2.24, 2.45) is 0 Å². The number of sulfonamides is 1. The van der Waals surface area contributed by atoms with E-state index in [-0.39, 0.29) is 18.0 Å². The third-order valence-electron chi connectivity index (χ3n) is 4.11. The van der Waals surface area contributed by atoms with Crippen molar-refractivity contribution in [3.8, 4) is 5.75 Å². The fourth-order valence-electron chi connectivity index (χ4n) is 2.61. The Morgan fingerprint density at radius 1 is 1.26 bits per heavy atom. The van der Waals surface area contributed by atoms with Gasteiger partial charge in [-0.2, -0.15) is 0 Å². The third-order valence-corrected chi connectivity index (χ3v) is 5.96. The maximum absolute atomic E-state index is 12.4. The summed E-state index contributed by atoms with van der Waals surface area (Å²) in [7, 11) is -2.04. The van der Waals surface area contributed by atoms with Crippen LogP contribution in [-0.2, 0) is 19.6 Å². The molecule has 0 atom stereocenters. The molecular weight excluding hydrogens is 374 g/mol. The van der Waals surface area contributed by atoms with Gasteiger partial charge in [-0.15, -0.1) is 0 Å². The van der Waals surface area contributed by atoms with Crippen LogP contribution in [0.5, 0.6) is 5.75 Å². The molecule has 1 aliphatic rings. The van der Waals surface area contributed by atoms with Crippen LogP contribution in [0.3, 0.4) is 0 Å². The van der Waals surface area contributed by atoms with E-state index in [2.05, 4.69) is 10.6 Å². The minimum absolute atomic E-state index is 0.0470. The number of aliphatic hydroxyl groups is 1. The molecule has 1 fully saturated rings. The van der Waals surface area contributed by atoms with Crippen LogP contribution < -0.4 is 19.7 Å². The number of anilines is 2. The van der Waals surface area contributed by atoms with Crippen LogP contribution in [0.4, 0.5) is 11.4 Å².